The van der Waals surface area contributed by atoms with Gasteiger partial charge in [0, 0.05) is 19.6 Å². The quantitative estimate of drug-likeness (QED) is 0.797. The Morgan fingerprint density at radius 1 is 1.45 bits per heavy atom. The molecule has 0 aliphatic heterocycles. The van der Waals surface area contributed by atoms with Crippen LogP contribution in [-0.2, 0) is 4.79 Å². The van der Waals surface area contributed by atoms with Gasteiger partial charge in [-0.15, -0.1) is 23.7 Å². The molecule has 1 rings (SSSR count). The van der Waals surface area contributed by atoms with Crippen LogP contribution in [0.1, 0.15) is 23.5 Å². The lowest BCUT2D eigenvalue weighted by atomic mass is 10.3. The maximum atomic E-state index is 11.9. The summed E-state index contributed by atoms with van der Waals surface area (Å²) in [7, 11) is 1.63. The van der Waals surface area contributed by atoms with E-state index in [1.807, 2.05) is 25.3 Å². The molecule has 0 spiro atoms. The van der Waals surface area contributed by atoms with Gasteiger partial charge in [0.2, 0.25) is 5.91 Å². The SMILES string of the molecule is CCN[C@H](C)CNC(=O)CN(C)C(=O)c1cccs1.Cl. The lowest BCUT2D eigenvalue weighted by Gasteiger charge is -2.17. The number of nitrogens with zero attached hydrogens (tertiary/aromatic N) is 1. The van der Waals surface area contributed by atoms with E-state index in [0.717, 1.165) is 6.54 Å². The molecule has 114 valence electrons. The van der Waals surface area contributed by atoms with Crippen molar-refractivity contribution in [2.24, 2.45) is 0 Å². The zero-order chi connectivity index (χ0) is 14.3. The third kappa shape index (κ3) is 6.36. The number of thiophene rings is 1. The highest BCUT2D eigenvalue weighted by Gasteiger charge is 2.15. The van der Waals surface area contributed by atoms with Crippen molar-refractivity contribution < 1.29 is 9.59 Å². The van der Waals surface area contributed by atoms with Crippen molar-refractivity contribution >= 4 is 35.6 Å². The molecule has 0 aromatic carbocycles. The van der Waals surface area contributed by atoms with E-state index in [-0.39, 0.29) is 36.8 Å². The smallest absolute Gasteiger partial charge is 0.264 e. The molecule has 0 aliphatic rings. The zero-order valence-electron chi connectivity index (χ0n) is 12.0. The van der Waals surface area contributed by atoms with Gasteiger partial charge < -0.3 is 15.5 Å². The van der Waals surface area contributed by atoms with Gasteiger partial charge in [0.05, 0.1) is 11.4 Å². The fourth-order valence-electron chi connectivity index (χ4n) is 1.62. The summed E-state index contributed by atoms with van der Waals surface area (Å²) in [6, 6.07) is 3.81. The number of carbonyl (C=O) groups is 2. The van der Waals surface area contributed by atoms with Gasteiger partial charge in [-0.05, 0) is 24.9 Å². The molecule has 0 aliphatic carbocycles. The first-order valence-corrected chi connectivity index (χ1v) is 7.21. The molecule has 0 fully saturated rings. The lowest BCUT2D eigenvalue weighted by molar-refractivity contribution is -0.121. The normalized spacial score (nSPS) is 11.3. The summed E-state index contributed by atoms with van der Waals surface area (Å²) in [6.45, 7) is 5.53. The van der Waals surface area contributed by atoms with Gasteiger partial charge in [-0.25, -0.2) is 0 Å². The number of hydrogen-bond acceptors (Lipinski definition) is 4. The van der Waals surface area contributed by atoms with Crippen LogP contribution in [-0.4, -0.2) is 49.4 Å². The minimum absolute atomic E-state index is 0. The lowest BCUT2D eigenvalue weighted by Crippen LogP contribution is -2.43. The van der Waals surface area contributed by atoms with E-state index in [1.54, 1.807) is 13.1 Å². The average molecular weight is 320 g/mol. The van der Waals surface area contributed by atoms with Crippen molar-refractivity contribution in [2.75, 3.05) is 26.7 Å². The van der Waals surface area contributed by atoms with Crippen molar-refractivity contribution in [3.05, 3.63) is 22.4 Å². The molecule has 1 aromatic rings. The first-order valence-electron chi connectivity index (χ1n) is 6.33. The molecular formula is C13H22ClN3O2S. The highest BCUT2D eigenvalue weighted by molar-refractivity contribution is 7.12. The number of likely N-dealkylation sites (N-methyl/N-ethyl adjacent to an activating group) is 2. The van der Waals surface area contributed by atoms with Gasteiger partial charge in [0.1, 0.15) is 0 Å². The third-order valence-corrected chi connectivity index (χ3v) is 3.48. The topological polar surface area (TPSA) is 61.4 Å². The van der Waals surface area contributed by atoms with Crippen LogP contribution in [0.5, 0.6) is 0 Å². The van der Waals surface area contributed by atoms with Crippen LogP contribution in [0.2, 0.25) is 0 Å². The summed E-state index contributed by atoms with van der Waals surface area (Å²) in [5.41, 5.74) is 0. The standard InChI is InChI=1S/C13H21N3O2S.ClH/c1-4-14-10(2)8-15-12(17)9-16(3)13(18)11-6-5-7-19-11;/h5-7,10,14H,4,8-9H2,1-3H3,(H,15,17);1H/t10-;/m1./s1. The third-order valence-electron chi connectivity index (χ3n) is 2.62. The predicted octanol–water partition coefficient (Wildman–Crippen LogP) is 1.36. The Morgan fingerprint density at radius 2 is 2.15 bits per heavy atom. The Morgan fingerprint density at radius 3 is 2.70 bits per heavy atom. The number of hydrogen-bond donors (Lipinski definition) is 2. The van der Waals surface area contributed by atoms with Crippen LogP contribution in [0.3, 0.4) is 0 Å². The number of nitrogens with one attached hydrogen (secondary N) is 2. The Hall–Kier alpha value is -1.11. The molecule has 0 saturated heterocycles. The van der Waals surface area contributed by atoms with Gasteiger partial charge in [-0.1, -0.05) is 13.0 Å². The Kier molecular flexibility index (Phi) is 9.20. The molecule has 1 aromatic heterocycles. The summed E-state index contributed by atoms with van der Waals surface area (Å²) in [6.07, 6.45) is 0. The molecule has 2 N–H and O–H groups in total. The maximum absolute atomic E-state index is 11.9. The van der Waals surface area contributed by atoms with Crippen molar-refractivity contribution in [2.45, 2.75) is 19.9 Å². The summed E-state index contributed by atoms with van der Waals surface area (Å²) in [4.78, 5) is 25.7. The Labute approximate surface area is 130 Å². The Bertz CT molecular complexity index is 412. The van der Waals surface area contributed by atoms with Crippen molar-refractivity contribution in [1.29, 1.82) is 0 Å². The molecule has 7 heteroatoms. The number of carbonyl (C=O) groups excluding carboxylic acids is 2. The van der Waals surface area contributed by atoms with Crippen LogP contribution >= 0.6 is 23.7 Å². The molecule has 0 bridgehead atoms. The van der Waals surface area contributed by atoms with E-state index < -0.39 is 0 Å². The maximum Gasteiger partial charge on any atom is 0.264 e. The summed E-state index contributed by atoms with van der Waals surface area (Å²) >= 11 is 1.38. The van der Waals surface area contributed by atoms with E-state index in [4.69, 9.17) is 0 Å². The van der Waals surface area contributed by atoms with Gasteiger partial charge in [0.25, 0.3) is 5.91 Å². The highest BCUT2D eigenvalue weighted by Crippen LogP contribution is 2.10. The fourth-order valence-corrected chi connectivity index (χ4v) is 2.34. The van der Waals surface area contributed by atoms with Gasteiger partial charge >= 0.3 is 0 Å². The fraction of sp³-hybridized carbons (Fsp3) is 0.538. The minimum Gasteiger partial charge on any atom is -0.353 e. The van der Waals surface area contributed by atoms with Gasteiger partial charge in [-0.2, -0.15) is 0 Å². The van der Waals surface area contributed by atoms with Crippen molar-refractivity contribution in [3.8, 4) is 0 Å². The van der Waals surface area contributed by atoms with Crippen LogP contribution < -0.4 is 10.6 Å². The highest BCUT2D eigenvalue weighted by atomic mass is 35.5. The van der Waals surface area contributed by atoms with Gasteiger partial charge in [0.15, 0.2) is 0 Å². The summed E-state index contributed by atoms with van der Waals surface area (Å²) < 4.78 is 0. The molecule has 0 unspecified atom stereocenters. The number of amides is 2. The molecule has 1 heterocycles. The molecule has 20 heavy (non-hydrogen) atoms. The molecule has 5 nitrogen and oxygen atoms in total. The second kappa shape index (κ2) is 9.74. The van der Waals surface area contributed by atoms with Gasteiger partial charge in [-0.3, -0.25) is 9.59 Å². The van der Waals surface area contributed by atoms with Crippen molar-refractivity contribution in [3.63, 3.8) is 0 Å². The van der Waals surface area contributed by atoms with Crippen molar-refractivity contribution in [1.82, 2.24) is 15.5 Å². The van der Waals surface area contributed by atoms with E-state index in [9.17, 15) is 9.59 Å². The predicted molar refractivity (Wildman–Crippen MR) is 84.7 cm³/mol. The molecular weight excluding hydrogens is 298 g/mol. The van der Waals surface area contributed by atoms with Crippen LogP contribution in [0, 0.1) is 0 Å². The molecule has 2 amide bonds. The van der Waals surface area contributed by atoms with E-state index in [1.165, 1.54) is 16.2 Å². The van der Waals surface area contributed by atoms with Crippen LogP contribution in [0.15, 0.2) is 17.5 Å². The summed E-state index contributed by atoms with van der Waals surface area (Å²) in [5.74, 6) is -0.262. The molecule has 0 saturated carbocycles. The molecule has 0 radical (unpaired) electrons. The van der Waals surface area contributed by atoms with E-state index in [2.05, 4.69) is 10.6 Å². The van der Waals surface area contributed by atoms with E-state index in [0.29, 0.717) is 11.4 Å². The Balaban J connectivity index is 0.00000361. The van der Waals surface area contributed by atoms with Crippen LogP contribution in [0.25, 0.3) is 0 Å². The first kappa shape index (κ1) is 18.9. The minimum atomic E-state index is -0.142. The summed E-state index contributed by atoms with van der Waals surface area (Å²) in [5, 5.41) is 7.86. The average Bonchev–Trinajstić information content (AvgIpc) is 2.89. The second-order valence-corrected chi connectivity index (χ2v) is 5.35. The number of halogens is 1. The largest absolute Gasteiger partial charge is 0.353 e. The van der Waals surface area contributed by atoms with Crippen LogP contribution in [0.4, 0.5) is 0 Å². The molecule has 1 atom stereocenters. The first-order chi connectivity index (χ1) is 9.04. The second-order valence-electron chi connectivity index (χ2n) is 4.40. The zero-order valence-corrected chi connectivity index (χ0v) is 13.6. The number of rotatable bonds is 7. The monoisotopic (exact) mass is 319 g/mol. The van der Waals surface area contributed by atoms with E-state index >= 15 is 0 Å².